The highest BCUT2D eigenvalue weighted by Gasteiger charge is 2.38. The molecule has 0 aliphatic carbocycles. The Morgan fingerprint density at radius 2 is 2.11 bits per heavy atom. The minimum absolute atomic E-state index is 0.213. The Balaban J connectivity index is 2.24. The summed E-state index contributed by atoms with van der Waals surface area (Å²) in [7, 11) is 0. The SMILES string of the molecule is CC(C)(C)OC(=O)N1Cc2c(N)n[nH]c2C(C)(C)C1. The van der Waals surface area contributed by atoms with Gasteiger partial charge in [-0.25, -0.2) is 4.79 Å². The summed E-state index contributed by atoms with van der Waals surface area (Å²) in [5.41, 5.74) is 7.04. The van der Waals surface area contributed by atoms with Crippen molar-refractivity contribution in [1.82, 2.24) is 15.1 Å². The number of aromatic nitrogens is 2. The second-order valence-corrected chi connectivity index (χ2v) is 6.68. The van der Waals surface area contributed by atoms with Crippen molar-refractivity contribution in [2.75, 3.05) is 12.3 Å². The Bertz CT molecular complexity index is 499. The summed E-state index contributed by atoms with van der Waals surface area (Å²) >= 11 is 0. The molecule has 2 rings (SSSR count). The third-order valence-corrected chi connectivity index (χ3v) is 3.16. The van der Waals surface area contributed by atoms with Crippen molar-refractivity contribution in [2.24, 2.45) is 0 Å². The van der Waals surface area contributed by atoms with Crippen molar-refractivity contribution in [3.05, 3.63) is 11.3 Å². The first-order valence-corrected chi connectivity index (χ1v) is 6.41. The maximum Gasteiger partial charge on any atom is 0.410 e. The van der Waals surface area contributed by atoms with E-state index in [0.29, 0.717) is 18.9 Å². The predicted octanol–water partition coefficient (Wildman–Crippen LogP) is 2.02. The van der Waals surface area contributed by atoms with E-state index in [4.69, 9.17) is 10.5 Å². The zero-order valence-corrected chi connectivity index (χ0v) is 12.2. The number of rotatable bonds is 0. The highest BCUT2D eigenvalue weighted by atomic mass is 16.6. The zero-order valence-electron chi connectivity index (χ0n) is 12.2. The molecule has 106 valence electrons. The van der Waals surface area contributed by atoms with Crippen LogP contribution >= 0.6 is 0 Å². The number of hydrogen-bond donors (Lipinski definition) is 2. The second-order valence-electron chi connectivity index (χ2n) is 6.68. The summed E-state index contributed by atoms with van der Waals surface area (Å²) in [6.45, 7) is 10.7. The Labute approximate surface area is 113 Å². The number of carbonyl (C=O) groups is 1. The van der Waals surface area contributed by atoms with E-state index in [2.05, 4.69) is 24.0 Å². The van der Waals surface area contributed by atoms with Crippen LogP contribution in [0, 0.1) is 0 Å². The van der Waals surface area contributed by atoms with Crippen molar-refractivity contribution >= 4 is 11.9 Å². The van der Waals surface area contributed by atoms with Crippen LogP contribution in [-0.2, 0) is 16.7 Å². The molecule has 6 heteroatoms. The highest BCUT2D eigenvalue weighted by molar-refractivity contribution is 5.69. The lowest BCUT2D eigenvalue weighted by molar-refractivity contribution is 0.0173. The Morgan fingerprint density at radius 3 is 2.68 bits per heavy atom. The number of nitrogen functional groups attached to an aromatic ring is 1. The normalized spacial score (nSPS) is 18.1. The van der Waals surface area contributed by atoms with Gasteiger partial charge < -0.3 is 15.4 Å². The predicted molar refractivity (Wildman–Crippen MR) is 72.7 cm³/mol. The van der Waals surface area contributed by atoms with Crippen LogP contribution in [0.1, 0.15) is 45.9 Å². The number of H-pyrrole nitrogens is 1. The van der Waals surface area contributed by atoms with Crippen molar-refractivity contribution in [3.63, 3.8) is 0 Å². The van der Waals surface area contributed by atoms with E-state index in [1.807, 2.05) is 20.8 Å². The Hall–Kier alpha value is -1.72. The quantitative estimate of drug-likeness (QED) is 0.752. The van der Waals surface area contributed by atoms with Gasteiger partial charge in [-0.3, -0.25) is 5.10 Å². The smallest absolute Gasteiger partial charge is 0.410 e. The number of ether oxygens (including phenoxy) is 1. The number of hydrogen-bond acceptors (Lipinski definition) is 4. The van der Waals surface area contributed by atoms with Gasteiger partial charge in [0.15, 0.2) is 5.82 Å². The van der Waals surface area contributed by atoms with Gasteiger partial charge in [0.2, 0.25) is 0 Å². The fourth-order valence-electron chi connectivity index (χ4n) is 2.36. The van der Waals surface area contributed by atoms with E-state index in [-0.39, 0.29) is 11.5 Å². The first-order chi connectivity index (χ1) is 8.60. The number of carbonyl (C=O) groups excluding carboxylic acids is 1. The molecule has 0 unspecified atom stereocenters. The van der Waals surface area contributed by atoms with Gasteiger partial charge in [-0.05, 0) is 20.8 Å². The third kappa shape index (κ3) is 2.67. The van der Waals surface area contributed by atoms with Gasteiger partial charge in [0.25, 0.3) is 0 Å². The topological polar surface area (TPSA) is 84.2 Å². The van der Waals surface area contributed by atoms with Crippen LogP contribution in [0.4, 0.5) is 10.6 Å². The average molecular weight is 266 g/mol. The monoisotopic (exact) mass is 266 g/mol. The van der Waals surface area contributed by atoms with E-state index in [1.54, 1.807) is 4.90 Å². The van der Waals surface area contributed by atoms with Gasteiger partial charge in [-0.1, -0.05) is 13.8 Å². The van der Waals surface area contributed by atoms with Crippen LogP contribution in [0.25, 0.3) is 0 Å². The molecule has 1 aliphatic heterocycles. The van der Waals surface area contributed by atoms with Gasteiger partial charge in [0.05, 0.1) is 6.54 Å². The molecule has 0 aromatic carbocycles. The molecular weight excluding hydrogens is 244 g/mol. The molecule has 1 amide bonds. The van der Waals surface area contributed by atoms with Crippen molar-refractivity contribution in [3.8, 4) is 0 Å². The second kappa shape index (κ2) is 4.15. The molecule has 1 aliphatic rings. The molecule has 2 heterocycles. The number of aromatic amines is 1. The molecule has 0 saturated carbocycles. The molecule has 1 aromatic heterocycles. The van der Waals surface area contributed by atoms with E-state index in [0.717, 1.165) is 11.3 Å². The van der Waals surface area contributed by atoms with Crippen LogP contribution in [0.2, 0.25) is 0 Å². The molecule has 0 spiro atoms. The molecule has 0 radical (unpaired) electrons. The first kappa shape index (κ1) is 13.7. The summed E-state index contributed by atoms with van der Waals surface area (Å²) in [4.78, 5) is 13.9. The van der Waals surface area contributed by atoms with Gasteiger partial charge in [-0.15, -0.1) is 0 Å². The molecule has 0 bridgehead atoms. The van der Waals surface area contributed by atoms with Gasteiger partial charge in [0, 0.05) is 23.2 Å². The molecule has 0 atom stereocenters. The number of fused-ring (bicyclic) bond motifs is 1. The first-order valence-electron chi connectivity index (χ1n) is 6.41. The van der Waals surface area contributed by atoms with Crippen LogP contribution in [0.5, 0.6) is 0 Å². The van der Waals surface area contributed by atoms with Crippen LogP contribution < -0.4 is 5.73 Å². The zero-order chi connectivity index (χ0) is 14.4. The van der Waals surface area contributed by atoms with Gasteiger partial charge in [0.1, 0.15) is 5.60 Å². The van der Waals surface area contributed by atoms with Crippen molar-refractivity contribution in [1.29, 1.82) is 0 Å². The molecule has 0 fully saturated rings. The van der Waals surface area contributed by atoms with Crippen molar-refractivity contribution in [2.45, 2.75) is 52.2 Å². The fraction of sp³-hybridized carbons (Fsp3) is 0.692. The maximum atomic E-state index is 12.2. The number of nitrogens with one attached hydrogen (secondary N) is 1. The van der Waals surface area contributed by atoms with E-state index >= 15 is 0 Å². The molecule has 6 nitrogen and oxygen atoms in total. The standard InChI is InChI=1S/C13H22N4O2/c1-12(2,3)19-11(18)17-6-8-9(13(4,5)7-17)15-16-10(8)14/h6-7H2,1-5H3,(H3,14,15,16). The van der Waals surface area contributed by atoms with E-state index < -0.39 is 5.60 Å². The van der Waals surface area contributed by atoms with Crippen molar-refractivity contribution < 1.29 is 9.53 Å². The van der Waals surface area contributed by atoms with E-state index in [9.17, 15) is 4.79 Å². The molecule has 1 aromatic rings. The Kier molecular flexibility index (Phi) is 2.99. The van der Waals surface area contributed by atoms with Crippen LogP contribution in [0.3, 0.4) is 0 Å². The largest absolute Gasteiger partial charge is 0.444 e. The minimum atomic E-state index is -0.497. The van der Waals surface area contributed by atoms with E-state index in [1.165, 1.54) is 0 Å². The molecular formula is C13H22N4O2. The number of amides is 1. The molecule has 0 saturated heterocycles. The molecule has 19 heavy (non-hydrogen) atoms. The molecule has 3 N–H and O–H groups in total. The van der Waals surface area contributed by atoms with Crippen LogP contribution in [0.15, 0.2) is 0 Å². The summed E-state index contributed by atoms with van der Waals surface area (Å²) < 4.78 is 5.42. The highest BCUT2D eigenvalue weighted by Crippen LogP contribution is 2.34. The number of nitrogens with zero attached hydrogens (tertiary/aromatic N) is 2. The summed E-state index contributed by atoms with van der Waals surface area (Å²) in [5.74, 6) is 0.455. The third-order valence-electron chi connectivity index (χ3n) is 3.16. The summed E-state index contributed by atoms with van der Waals surface area (Å²) in [6, 6.07) is 0. The lowest BCUT2D eigenvalue weighted by Gasteiger charge is -2.38. The average Bonchev–Trinajstić information content (AvgIpc) is 2.58. The summed E-state index contributed by atoms with van der Waals surface area (Å²) in [6.07, 6.45) is -0.313. The minimum Gasteiger partial charge on any atom is -0.444 e. The summed E-state index contributed by atoms with van der Waals surface area (Å²) in [5, 5.41) is 7.01. The van der Waals surface area contributed by atoms with Gasteiger partial charge in [-0.2, -0.15) is 5.10 Å². The number of nitrogens with two attached hydrogens (primary N) is 1. The Morgan fingerprint density at radius 1 is 1.47 bits per heavy atom. The van der Waals surface area contributed by atoms with Gasteiger partial charge >= 0.3 is 6.09 Å². The number of anilines is 1. The lowest BCUT2D eigenvalue weighted by atomic mass is 9.83. The fourth-order valence-corrected chi connectivity index (χ4v) is 2.36. The van der Waals surface area contributed by atoms with Crippen LogP contribution in [-0.4, -0.2) is 33.3 Å². The lowest BCUT2D eigenvalue weighted by Crippen LogP contribution is -2.46. The maximum absolute atomic E-state index is 12.2.